The highest BCUT2D eigenvalue weighted by atomic mass is 19.2. The molecule has 0 saturated heterocycles. The molecule has 0 amide bonds. The molecule has 12 nitrogen and oxygen atoms in total. The first kappa shape index (κ1) is 43.7. The molecule has 2 aromatic carbocycles. The second-order valence-corrected chi connectivity index (χ2v) is 16.3. The number of pyridine rings is 2. The highest BCUT2D eigenvalue weighted by molar-refractivity contribution is 5.66. The number of fused-ring (bicyclic) bond motifs is 2. The average molecular weight is 901 g/mol. The summed E-state index contributed by atoms with van der Waals surface area (Å²) in [6.07, 6.45) is 17.1. The molecule has 0 unspecified atom stereocenters. The molecule has 336 valence electrons. The SMILES string of the molecule is Cc1cn(-c2ccc(/C=C/c3nc4n(n3)CCC[C@@H]4c3cc(F)c(F)cc3F)nc2C)cn1.Cc1cn(-c2ccc(/C=C/c3nc4n(n3)CCC[C@H]4c3cc(F)c(F)cc3F)nc2C)cn1. The third-order valence-corrected chi connectivity index (χ3v) is 11.6. The highest BCUT2D eigenvalue weighted by Gasteiger charge is 2.30. The van der Waals surface area contributed by atoms with Crippen molar-refractivity contribution in [2.45, 2.75) is 78.3 Å². The lowest BCUT2D eigenvalue weighted by molar-refractivity contribution is 0.429. The van der Waals surface area contributed by atoms with Crippen molar-refractivity contribution in [3.05, 3.63) is 177 Å². The topological polar surface area (TPSA) is 123 Å². The Morgan fingerprint density at radius 2 is 0.909 bits per heavy atom. The minimum Gasteiger partial charge on any atom is -0.304 e. The van der Waals surface area contributed by atoms with E-state index in [1.807, 2.05) is 85.6 Å². The molecule has 18 heteroatoms. The van der Waals surface area contributed by atoms with Crippen LogP contribution in [0.2, 0.25) is 0 Å². The van der Waals surface area contributed by atoms with Crippen molar-refractivity contribution in [3.8, 4) is 11.4 Å². The van der Waals surface area contributed by atoms with Gasteiger partial charge in [-0.05, 0) is 114 Å². The van der Waals surface area contributed by atoms with E-state index in [1.54, 1.807) is 34.2 Å². The van der Waals surface area contributed by atoms with Gasteiger partial charge in [-0.2, -0.15) is 10.2 Å². The van der Waals surface area contributed by atoms with Crippen LogP contribution in [0.25, 0.3) is 35.7 Å². The normalized spacial score (nSPS) is 15.8. The van der Waals surface area contributed by atoms with E-state index in [1.165, 1.54) is 0 Å². The molecule has 10 rings (SSSR count). The first-order valence-electron chi connectivity index (χ1n) is 21.3. The van der Waals surface area contributed by atoms with Crippen LogP contribution < -0.4 is 0 Å². The van der Waals surface area contributed by atoms with Crippen molar-refractivity contribution in [1.29, 1.82) is 0 Å². The molecule has 6 aromatic heterocycles. The van der Waals surface area contributed by atoms with E-state index in [4.69, 9.17) is 0 Å². The Kier molecular flexibility index (Phi) is 12.0. The minimum absolute atomic E-state index is 0.0976. The van der Waals surface area contributed by atoms with E-state index < -0.39 is 46.7 Å². The number of aryl methyl sites for hydroxylation is 6. The van der Waals surface area contributed by atoms with Crippen LogP contribution in [-0.4, -0.2) is 58.6 Å². The smallest absolute Gasteiger partial charge is 0.174 e. The zero-order chi connectivity index (χ0) is 46.2. The van der Waals surface area contributed by atoms with Crippen molar-refractivity contribution < 1.29 is 26.3 Å². The van der Waals surface area contributed by atoms with Gasteiger partial charge in [0, 0.05) is 60.6 Å². The molecule has 0 aliphatic carbocycles. The number of imidazole rings is 2. The lowest BCUT2D eigenvalue weighted by Crippen LogP contribution is -2.19. The summed E-state index contributed by atoms with van der Waals surface area (Å²) in [7, 11) is 0. The van der Waals surface area contributed by atoms with Gasteiger partial charge < -0.3 is 9.13 Å². The first-order valence-corrected chi connectivity index (χ1v) is 21.3. The Morgan fingerprint density at radius 3 is 1.29 bits per heavy atom. The second kappa shape index (κ2) is 18.2. The summed E-state index contributed by atoms with van der Waals surface area (Å²) >= 11 is 0. The summed E-state index contributed by atoms with van der Waals surface area (Å²) in [6.45, 7) is 8.98. The molecule has 66 heavy (non-hydrogen) atoms. The number of rotatable bonds is 8. The maximum atomic E-state index is 14.4. The summed E-state index contributed by atoms with van der Waals surface area (Å²) in [5.41, 5.74) is 7.11. The number of aromatic nitrogens is 12. The molecule has 2 atom stereocenters. The molecule has 2 aliphatic heterocycles. The van der Waals surface area contributed by atoms with Crippen LogP contribution in [0.5, 0.6) is 0 Å². The fraction of sp³-hybridized carbons (Fsp3) is 0.250. The van der Waals surface area contributed by atoms with Crippen molar-refractivity contribution in [2.75, 3.05) is 0 Å². The van der Waals surface area contributed by atoms with Gasteiger partial charge in [-0.1, -0.05) is 0 Å². The fourth-order valence-corrected chi connectivity index (χ4v) is 8.38. The molecule has 8 heterocycles. The highest BCUT2D eigenvalue weighted by Crippen LogP contribution is 2.36. The Labute approximate surface area is 375 Å². The minimum atomic E-state index is -1.20. The molecule has 0 radical (unpaired) electrons. The van der Waals surface area contributed by atoms with Gasteiger partial charge in [0.2, 0.25) is 0 Å². The maximum Gasteiger partial charge on any atom is 0.174 e. The van der Waals surface area contributed by atoms with Crippen molar-refractivity contribution in [3.63, 3.8) is 0 Å². The van der Waals surface area contributed by atoms with E-state index in [0.717, 1.165) is 70.5 Å². The lowest BCUT2D eigenvalue weighted by atomic mass is 9.90. The Hall–Kier alpha value is -7.50. The zero-order valence-corrected chi connectivity index (χ0v) is 36.3. The first-order chi connectivity index (χ1) is 31.8. The average Bonchev–Trinajstić information content (AvgIpc) is 4.12. The molecule has 0 spiro atoms. The predicted molar refractivity (Wildman–Crippen MR) is 234 cm³/mol. The molecule has 2 aliphatic rings. The van der Waals surface area contributed by atoms with Crippen LogP contribution in [0.3, 0.4) is 0 Å². The van der Waals surface area contributed by atoms with Crippen molar-refractivity contribution in [2.24, 2.45) is 0 Å². The quantitative estimate of drug-likeness (QED) is 0.109. The van der Waals surface area contributed by atoms with Gasteiger partial charge in [0.1, 0.15) is 23.3 Å². The summed E-state index contributed by atoms with van der Waals surface area (Å²) < 4.78 is 90.3. The van der Waals surface area contributed by atoms with Crippen LogP contribution >= 0.6 is 0 Å². The number of benzene rings is 2. The van der Waals surface area contributed by atoms with Gasteiger partial charge >= 0.3 is 0 Å². The number of halogens is 6. The third-order valence-electron chi connectivity index (χ3n) is 11.6. The molecule has 8 aromatic rings. The lowest BCUT2D eigenvalue weighted by Gasteiger charge is -2.22. The standard InChI is InChI=1S/2C24H21F3N6/c2*1-14-12-32(13-28-14)22-7-5-16(29-15(22)2)6-8-23-30-24-17(4-3-9-33(24)31-23)18-10-20(26)21(27)11-19(18)25/h2*5-8,10-13,17H,3-4,9H2,1-2H3/b2*8-6+/t2*17-/m10/s1. The molecule has 0 bridgehead atoms. The molecule has 0 fully saturated rings. The van der Waals surface area contributed by atoms with Gasteiger partial charge in [-0.25, -0.2) is 55.6 Å². The van der Waals surface area contributed by atoms with Crippen molar-refractivity contribution in [1.82, 2.24) is 58.6 Å². The Bertz CT molecular complexity index is 2950. The van der Waals surface area contributed by atoms with Gasteiger partial charge in [0.25, 0.3) is 0 Å². The summed E-state index contributed by atoms with van der Waals surface area (Å²) in [6, 6.07) is 10.7. The van der Waals surface area contributed by atoms with Crippen LogP contribution in [0.15, 0.2) is 73.6 Å². The second-order valence-electron chi connectivity index (χ2n) is 16.3. The third kappa shape index (κ3) is 9.07. The van der Waals surface area contributed by atoms with Gasteiger partial charge in [0.15, 0.2) is 34.9 Å². The molecule has 0 N–H and O–H groups in total. The van der Waals surface area contributed by atoms with Crippen LogP contribution in [-0.2, 0) is 13.1 Å². The number of nitrogens with zero attached hydrogens (tertiary/aromatic N) is 12. The summed E-state index contributed by atoms with van der Waals surface area (Å²) in [5, 5.41) is 8.98. The fourth-order valence-electron chi connectivity index (χ4n) is 8.38. The Morgan fingerprint density at radius 1 is 0.500 bits per heavy atom. The van der Waals surface area contributed by atoms with Crippen LogP contribution in [0.1, 0.15) is 106 Å². The monoisotopic (exact) mass is 900 g/mol. The zero-order valence-electron chi connectivity index (χ0n) is 36.3. The van der Waals surface area contributed by atoms with Crippen molar-refractivity contribution >= 4 is 24.3 Å². The number of hydrogen-bond donors (Lipinski definition) is 0. The van der Waals surface area contributed by atoms with Gasteiger partial charge in [0.05, 0.1) is 58.2 Å². The molecular weight excluding hydrogens is 859 g/mol. The predicted octanol–water partition coefficient (Wildman–Crippen LogP) is 9.98. The Balaban J connectivity index is 0.000000166. The van der Waals surface area contributed by atoms with Crippen LogP contribution in [0.4, 0.5) is 26.3 Å². The molecular formula is C48H42F6N12. The van der Waals surface area contributed by atoms with Crippen LogP contribution in [0, 0.1) is 62.6 Å². The van der Waals surface area contributed by atoms with E-state index >= 15 is 0 Å². The number of hydrogen-bond acceptors (Lipinski definition) is 8. The maximum absolute atomic E-state index is 14.4. The van der Waals surface area contributed by atoms with Gasteiger partial charge in [-0.15, -0.1) is 0 Å². The summed E-state index contributed by atoms with van der Waals surface area (Å²) in [4.78, 5) is 26.8. The van der Waals surface area contributed by atoms with Gasteiger partial charge in [-0.3, -0.25) is 9.97 Å². The summed E-state index contributed by atoms with van der Waals surface area (Å²) in [5.74, 6) is -5.07. The van der Waals surface area contributed by atoms with E-state index in [2.05, 4.69) is 40.1 Å². The molecule has 0 saturated carbocycles. The van der Waals surface area contributed by atoms with E-state index in [9.17, 15) is 26.3 Å². The van der Waals surface area contributed by atoms with E-state index in [0.29, 0.717) is 61.4 Å². The largest absolute Gasteiger partial charge is 0.304 e. The van der Waals surface area contributed by atoms with E-state index in [-0.39, 0.29) is 11.1 Å².